The van der Waals surface area contributed by atoms with E-state index in [-0.39, 0.29) is 24.2 Å². The topological polar surface area (TPSA) is 59.8 Å². The number of anilines is 1. The van der Waals surface area contributed by atoms with E-state index in [9.17, 15) is 9.18 Å². The number of amides is 1. The molecule has 1 heterocycles. The Bertz CT molecular complexity index is 594. The van der Waals surface area contributed by atoms with Gasteiger partial charge in [0.25, 0.3) is 0 Å². The van der Waals surface area contributed by atoms with Gasteiger partial charge in [0.05, 0.1) is 12.2 Å². The summed E-state index contributed by atoms with van der Waals surface area (Å²) in [6.45, 7) is 3.91. The second-order valence-electron chi connectivity index (χ2n) is 4.82. The zero-order valence-corrected chi connectivity index (χ0v) is 11.5. The predicted molar refractivity (Wildman–Crippen MR) is 73.8 cm³/mol. The number of aryl methyl sites for hydroxylation is 1. The largest absolute Gasteiger partial charge is 0.308 e. The van der Waals surface area contributed by atoms with E-state index in [1.807, 2.05) is 13.8 Å². The van der Waals surface area contributed by atoms with Gasteiger partial charge in [-0.1, -0.05) is 12.1 Å². The van der Waals surface area contributed by atoms with Gasteiger partial charge in [0, 0.05) is 6.42 Å². The molecule has 1 N–H and O–H groups in total. The molecule has 0 bridgehead atoms. The highest BCUT2D eigenvalue weighted by Gasteiger charge is 2.08. The molecule has 0 saturated heterocycles. The van der Waals surface area contributed by atoms with Crippen molar-refractivity contribution in [2.75, 3.05) is 5.32 Å². The Morgan fingerprint density at radius 1 is 1.45 bits per heavy atom. The van der Waals surface area contributed by atoms with E-state index in [1.54, 1.807) is 12.1 Å². The van der Waals surface area contributed by atoms with Crippen molar-refractivity contribution < 1.29 is 9.18 Å². The minimum atomic E-state index is -0.289. The normalized spacial score (nSPS) is 10.8. The SMILES string of the molecule is CC(C)n1ncc(NC(=O)CCc2cccc(F)c2)n1. The number of hydrogen-bond donors (Lipinski definition) is 1. The molecule has 0 unspecified atom stereocenters. The number of carbonyl (C=O) groups is 1. The van der Waals surface area contributed by atoms with E-state index in [4.69, 9.17) is 0 Å². The molecular formula is C14H17FN4O. The molecule has 20 heavy (non-hydrogen) atoms. The van der Waals surface area contributed by atoms with Crippen molar-refractivity contribution in [1.82, 2.24) is 15.0 Å². The van der Waals surface area contributed by atoms with E-state index in [1.165, 1.54) is 23.1 Å². The van der Waals surface area contributed by atoms with Gasteiger partial charge >= 0.3 is 0 Å². The summed E-state index contributed by atoms with van der Waals surface area (Å²) >= 11 is 0. The lowest BCUT2D eigenvalue weighted by Crippen LogP contribution is -2.13. The first-order valence-corrected chi connectivity index (χ1v) is 6.50. The third kappa shape index (κ3) is 3.88. The average Bonchev–Trinajstić information content (AvgIpc) is 2.85. The van der Waals surface area contributed by atoms with Gasteiger partial charge in [-0.2, -0.15) is 9.90 Å². The maximum atomic E-state index is 13.0. The Morgan fingerprint density at radius 3 is 2.90 bits per heavy atom. The Balaban J connectivity index is 1.86. The lowest BCUT2D eigenvalue weighted by molar-refractivity contribution is -0.116. The van der Waals surface area contributed by atoms with Gasteiger partial charge in [0.2, 0.25) is 5.91 Å². The van der Waals surface area contributed by atoms with Gasteiger partial charge in [0.15, 0.2) is 5.82 Å². The molecule has 1 aromatic carbocycles. The van der Waals surface area contributed by atoms with Crippen LogP contribution in [0.3, 0.4) is 0 Å². The molecule has 0 spiro atoms. The van der Waals surface area contributed by atoms with Crippen LogP contribution in [0.5, 0.6) is 0 Å². The number of benzene rings is 1. The fourth-order valence-electron chi connectivity index (χ4n) is 1.74. The van der Waals surface area contributed by atoms with Crippen molar-refractivity contribution in [3.05, 3.63) is 41.8 Å². The summed E-state index contributed by atoms with van der Waals surface area (Å²) in [5.41, 5.74) is 0.797. The maximum absolute atomic E-state index is 13.0. The molecule has 6 heteroatoms. The van der Waals surface area contributed by atoms with E-state index in [0.717, 1.165) is 5.56 Å². The van der Waals surface area contributed by atoms with Gasteiger partial charge in [-0.3, -0.25) is 4.79 Å². The predicted octanol–water partition coefficient (Wildman–Crippen LogP) is 2.57. The molecule has 1 amide bonds. The summed E-state index contributed by atoms with van der Waals surface area (Å²) in [6.07, 6.45) is 2.28. The highest BCUT2D eigenvalue weighted by molar-refractivity contribution is 5.89. The van der Waals surface area contributed by atoms with Crippen LogP contribution in [0.1, 0.15) is 31.9 Å². The first-order valence-electron chi connectivity index (χ1n) is 6.50. The monoisotopic (exact) mass is 276 g/mol. The summed E-state index contributed by atoms with van der Waals surface area (Å²) in [6, 6.07) is 6.39. The average molecular weight is 276 g/mol. The number of hydrogen-bond acceptors (Lipinski definition) is 3. The fourth-order valence-corrected chi connectivity index (χ4v) is 1.74. The van der Waals surface area contributed by atoms with Gasteiger partial charge in [0.1, 0.15) is 5.82 Å². The quantitative estimate of drug-likeness (QED) is 0.913. The Morgan fingerprint density at radius 2 is 2.25 bits per heavy atom. The second kappa shape index (κ2) is 6.27. The van der Waals surface area contributed by atoms with Crippen LogP contribution in [0, 0.1) is 5.82 Å². The molecule has 0 saturated carbocycles. The van der Waals surface area contributed by atoms with E-state index in [0.29, 0.717) is 12.2 Å². The fraction of sp³-hybridized carbons (Fsp3) is 0.357. The van der Waals surface area contributed by atoms with Crippen LogP contribution in [0.15, 0.2) is 30.5 Å². The van der Waals surface area contributed by atoms with Crippen LogP contribution < -0.4 is 5.32 Å². The summed E-state index contributed by atoms with van der Waals surface area (Å²) in [4.78, 5) is 13.3. The zero-order chi connectivity index (χ0) is 14.5. The summed E-state index contributed by atoms with van der Waals surface area (Å²) < 4.78 is 13.0. The van der Waals surface area contributed by atoms with Gasteiger partial charge in [-0.25, -0.2) is 4.39 Å². The molecular weight excluding hydrogens is 259 g/mol. The highest BCUT2D eigenvalue weighted by atomic mass is 19.1. The number of rotatable bonds is 5. The Kier molecular flexibility index (Phi) is 4.45. The van der Waals surface area contributed by atoms with E-state index < -0.39 is 0 Å². The molecule has 0 radical (unpaired) electrons. The van der Waals surface area contributed by atoms with Crippen molar-refractivity contribution in [2.24, 2.45) is 0 Å². The summed E-state index contributed by atoms with van der Waals surface area (Å²) in [7, 11) is 0. The van der Waals surface area contributed by atoms with Crippen molar-refractivity contribution in [3.63, 3.8) is 0 Å². The van der Waals surface area contributed by atoms with E-state index in [2.05, 4.69) is 15.5 Å². The minimum absolute atomic E-state index is 0.146. The summed E-state index contributed by atoms with van der Waals surface area (Å²) in [5, 5.41) is 10.8. The van der Waals surface area contributed by atoms with Crippen molar-refractivity contribution in [3.8, 4) is 0 Å². The smallest absolute Gasteiger partial charge is 0.225 e. The molecule has 0 aliphatic heterocycles. The molecule has 1 aromatic heterocycles. The number of aromatic nitrogens is 3. The minimum Gasteiger partial charge on any atom is -0.308 e. The van der Waals surface area contributed by atoms with Gasteiger partial charge in [-0.15, -0.1) is 5.10 Å². The van der Waals surface area contributed by atoms with Crippen LogP contribution in [-0.2, 0) is 11.2 Å². The summed E-state index contributed by atoms with van der Waals surface area (Å²) in [5.74, 6) is -0.0178. The third-order valence-electron chi connectivity index (χ3n) is 2.77. The van der Waals surface area contributed by atoms with Crippen molar-refractivity contribution in [1.29, 1.82) is 0 Å². The molecule has 0 fully saturated rings. The molecule has 0 atom stereocenters. The second-order valence-corrected chi connectivity index (χ2v) is 4.82. The van der Waals surface area contributed by atoms with Gasteiger partial charge in [-0.05, 0) is 38.0 Å². The number of nitrogens with zero attached hydrogens (tertiary/aromatic N) is 3. The van der Waals surface area contributed by atoms with Crippen LogP contribution in [-0.4, -0.2) is 20.9 Å². The maximum Gasteiger partial charge on any atom is 0.225 e. The van der Waals surface area contributed by atoms with Crippen LogP contribution in [0.4, 0.5) is 10.2 Å². The third-order valence-corrected chi connectivity index (χ3v) is 2.77. The lowest BCUT2D eigenvalue weighted by atomic mass is 10.1. The number of nitrogens with one attached hydrogen (secondary N) is 1. The zero-order valence-electron chi connectivity index (χ0n) is 11.5. The van der Waals surface area contributed by atoms with Crippen LogP contribution in [0.2, 0.25) is 0 Å². The first-order chi connectivity index (χ1) is 9.54. The molecule has 106 valence electrons. The highest BCUT2D eigenvalue weighted by Crippen LogP contribution is 2.08. The van der Waals surface area contributed by atoms with Crippen LogP contribution in [0.25, 0.3) is 0 Å². The van der Waals surface area contributed by atoms with Crippen LogP contribution >= 0.6 is 0 Å². The molecule has 0 aliphatic rings. The Hall–Kier alpha value is -2.24. The lowest BCUT2D eigenvalue weighted by Gasteiger charge is -2.03. The van der Waals surface area contributed by atoms with E-state index >= 15 is 0 Å². The molecule has 2 aromatic rings. The van der Waals surface area contributed by atoms with Crippen molar-refractivity contribution in [2.45, 2.75) is 32.7 Å². The number of carbonyl (C=O) groups excluding carboxylic acids is 1. The first kappa shape index (κ1) is 14.2. The van der Waals surface area contributed by atoms with Crippen molar-refractivity contribution >= 4 is 11.7 Å². The molecule has 0 aliphatic carbocycles. The van der Waals surface area contributed by atoms with Gasteiger partial charge < -0.3 is 5.32 Å². The molecule has 5 nitrogen and oxygen atoms in total. The Labute approximate surface area is 116 Å². The number of halogens is 1. The molecule has 2 rings (SSSR count). The standard InChI is InChI=1S/C14H17FN4O/c1-10(2)19-16-9-13(18-19)17-14(20)7-6-11-4-3-5-12(15)8-11/h3-5,8-10H,6-7H2,1-2H3,(H,17,18,20).